The van der Waals surface area contributed by atoms with Crippen LogP contribution < -0.4 is 15.5 Å². The second-order valence-corrected chi connectivity index (χ2v) is 7.63. The van der Waals surface area contributed by atoms with Crippen LogP contribution in [0.25, 0.3) is 10.9 Å². The molecule has 0 spiro atoms. The summed E-state index contributed by atoms with van der Waals surface area (Å²) >= 11 is 0. The molecule has 1 aliphatic carbocycles. The van der Waals surface area contributed by atoms with Gasteiger partial charge in [0.2, 0.25) is 17.8 Å². The molecule has 1 heterocycles. The summed E-state index contributed by atoms with van der Waals surface area (Å²) in [5.74, 6) is -2.23. The zero-order chi connectivity index (χ0) is 24.7. The van der Waals surface area contributed by atoms with Crippen molar-refractivity contribution in [2.24, 2.45) is 0 Å². The molecule has 1 aliphatic rings. The molecule has 11 nitrogen and oxygen atoms in total. The van der Waals surface area contributed by atoms with E-state index in [4.69, 9.17) is 10.2 Å². The van der Waals surface area contributed by atoms with Crippen LogP contribution in [0.5, 0.6) is 0 Å². The largest absolute Gasteiger partial charge is 0.481 e. The number of hydrogen-bond acceptors (Lipinski definition) is 7. The number of rotatable bonds is 11. The van der Waals surface area contributed by atoms with Gasteiger partial charge in [0.05, 0.1) is 18.4 Å². The van der Waals surface area contributed by atoms with Crippen molar-refractivity contribution in [3.63, 3.8) is 0 Å². The maximum absolute atomic E-state index is 12.3. The Labute approximate surface area is 196 Å². The lowest BCUT2D eigenvalue weighted by molar-refractivity contribution is -0.138. The molecule has 1 fully saturated rings. The maximum Gasteiger partial charge on any atom is 0.303 e. The van der Waals surface area contributed by atoms with E-state index in [0.29, 0.717) is 17.4 Å². The summed E-state index contributed by atoms with van der Waals surface area (Å²) in [6.45, 7) is 0.650. The minimum atomic E-state index is -1.11. The number of aliphatic carboxylic acids is 2. The van der Waals surface area contributed by atoms with Crippen molar-refractivity contribution >= 4 is 52.1 Å². The number of carboxylic acids is 2. The average Bonchev–Trinajstić information content (AvgIpc) is 3.29. The van der Waals surface area contributed by atoms with Crippen molar-refractivity contribution in [2.75, 3.05) is 29.1 Å². The Hall–Kier alpha value is -3.76. The van der Waals surface area contributed by atoms with Crippen LogP contribution in [0.15, 0.2) is 18.2 Å². The highest BCUT2D eigenvalue weighted by Gasteiger charge is 2.20. The number of carbonyl (C=O) groups is 4. The number of carbonyl (C=O) groups excluding carboxylic acids is 2. The zero-order valence-electron chi connectivity index (χ0n) is 18.4. The van der Waals surface area contributed by atoms with E-state index in [1.54, 1.807) is 12.1 Å². The molecule has 1 aromatic heterocycles. The molecule has 2 aromatic rings. The van der Waals surface area contributed by atoms with Gasteiger partial charge in [-0.2, -0.15) is 4.98 Å². The second-order valence-electron chi connectivity index (χ2n) is 7.63. The van der Waals surface area contributed by atoms with Crippen molar-refractivity contribution < 1.29 is 29.4 Å². The summed E-state index contributed by atoms with van der Waals surface area (Å²) in [7, 11) is 1.91. The first-order chi connectivity index (χ1) is 16.2. The van der Waals surface area contributed by atoms with Crippen LogP contribution in [0.4, 0.5) is 17.5 Å². The summed E-state index contributed by atoms with van der Waals surface area (Å²) < 4.78 is 0. The van der Waals surface area contributed by atoms with E-state index in [2.05, 4.69) is 20.6 Å². The van der Waals surface area contributed by atoms with E-state index < -0.39 is 23.8 Å². The summed E-state index contributed by atoms with van der Waals surface area (Å²) in [5, 5.41) is 23.1. The molecule has 4 N–H and O–H groups in total. The number of anilines is 3. The van der Waals surface area contributed by atoms with Gasteiger partial charge in [0.15, 0.2) is 0 Å². The molecule has 2 amide bonds. The van der Waals surface area contributed by atoms with E-state index in [1.807, 2.05) is 43.7 Å². The van der Waals surface area contributed by atoms with Crippen LogP contribution >= 0.6 is 0 Å². The normalized spacial score (nSPS) is 13.6. The topological polar surface area (TPSA) is 162 Å². The first kappa shape index (κ1) is 24.9. The minimum absolute atomic E-state index is 0.102. The average molecular weight is 466 g/mol. The predicted octanol–water partition coefficient (Wildman–Crippen LogP) is 2.08. The van der Waals surface area contributed by atoms with E-state index in [1.165, 1.54) is 0 Å². The fourth-order valence-corrected chi connectivity index (χ4v) is 3.21. The first-order valence-corrected chi connectivity index (χ1v) is 10.5. The molecule has 34 heavy (non-hydrogen) atoms. The van der Waals surface area contributed by atoms with Crippen LogP contribution in [0.3, 0.4) is 0 Å². The predicted molar refractivity (Wildman–Crippen MR) is 124 cm³/mol. The van der Waals surface area contributed by atoms with Crippen LogP contribution in [0.1, 0.15) is 25.7 Å². The molecule has 0 aliphatic heterocycles. The molecule has 0 unspecified atom stereocenters. The van der Waals surface area contributed by atoms with E-state index in [9.17, 15) is 19.2 Å². The monoisotopic (exact) mass is 466 g/mol. The lowest BCUT2D eigenvalue weighted by Gasteiger charge is -2.23. The molecular weight excluding hydrogens is 442 g/mol. The second kappa shape index (κ2) is 11.4. The van der Waals surface area contributed by atoms with Gasteiger partial charge in [0.1, 0.15) is 5.82 Å². The van der Waals surface area contributed by atoms with Gasteiger partial charge in [-0.3, -0.25) is 24.5 Å². The van der Waals surface area contributed by atoms with E-state index in [-0.39, 0.29) is 37.4 Å². The van der Waals surface area contributed by atoms with Crippen LogP contribution in [0.2, 0.25) is 0 Å². The third-order valence-electron chi connectivity index (χ3n) is 4.91. The van der Waals surface area contributed by atoms with Gasteiger partial charge in [-0.05, 0) is 43.9 Å². The highest BCUT2D eigenvalue weighted by Crippen LogP contribution is 2.30. The lowest BCUT2D eigenvalue weighted by Crippen LogP contribution is -2.23. The number of amides is 2. The first-order valence-electron chi connectivity index (χ1n) is 10.5. The maximum atomic E-state index is 12.3. The number of aromatic nitrogens is 2. The number of nitrogens with one attached hydrogen (secondary N) is 2. The lowest BCUT2D eigenvalue weighted by atomic mass is 10.1. The summed E-state index contributed by atoms with van der Waals surface area (Å²) in [4.78, 5) is 56.4. The number of nitrogens with zero attached hydrogens (tertiary/aromatic N) is 3. The molecule has 1 aromatic carbocycles. The van der Waals surface area contributed by atoms with Gasteiger partial charge >= 0.3 is 11.9 Å². The Bertz CT molecular complexity index is 1080. The molecule has 0 atom stereocenters. The molecule has 3 rings (SSSR count). The molecule has 0 saturated heterocycles. The summed E-state index contributed by atoms with van der Waals surface area (Å²) in [6, 6.07) is 5.35. The summed E-state index contributed by atoms with van der Waals surface area (Å²) in [6.07, 6.45) is 6.71. The van der Waals surface area contributed by atoms with Crippen molar-refractivity contribution in [3.05, 3.63) is 49.8 Å². The van der Waals surface area contributed by atoms with Gasteiger partial charge in [-0.1, -0.05) is 0 Å². The van der Waals surface area contributed by atoms with Crippen LogP contribution in [-0.4, -0.2) is 57.5 Å². The Morgan fingerprint density at radius 2 is 1.50 bits per heavy atom. The van der Waals surface area contributed by atoms with Gasteiger partial charge in [-0.15, -0.1) is 0 Å². The van der Waals surface area contributed by atoms with Gasteiger partial charge < -0.3 is 20.4 Å². The van der Waals surface area contributed by atoms with Crippen molar-refractivity contribution in [3.8, 4) is 0 Å². The number of hydrogen-bond donors (Lipinski definition) is 4. The third kappa shape index (κ3) is 7.12. The molecule has 177 valence electrons. The van der Waals surface area contributed by atoms with Gasteiger partial charge in [-0.25, -0.2) is 4.98 Å². The molecule has 11 heteroatoms. The SMILES string of the molecule is CN(C[C]1[CH][CH][CH][CH]1)c1ccc2nc(NC(=O)CCC(=O)O)nc(NC(=O)CCC(=O)O)c2c1. The van der Waals surface area contributed by atoms with E-state index in [0.717, 1.165) is 11.6 Å². The highest BCUT2D eigenvalue weighted by atomic mass is 16.4. The Balaban J connectivity index is 1.87. The quantitative estimate of drug-likeness (QED) is 0.388. The Morgan fingerprint density at radius 3 is 2.12 bits per heavy atom. The third-order valence-corrected chi connectivity index (χ3v) is 4.91. The number of benzene rings is 1. The highest BCUT2D eigenvalue weighted by molar-refractivity contribution is 6.02. The molecular formula is C23H24N5O6. The number of fused-ring (bicyclic) bond motifs is 1. The number of carboxylic acid groups (broad SMARTS) is 2. The Morgan fingerprint density at radius 1 is 0.882 bits per heavy atom. The van der Waals surface area contributed by atoms with Crippen molar-refractivity contribution in [1.82, 2.24) is 9.97 Å². The Kier molecular flexibility index (Phi) is 8.34. The van der Waals surface area contributed by atoms with Crippen molar-refractivity contribution in [2.45, 2.75) is 25.7 Å². The molecule has 5 radical (unpaired) electrons. The van der Waals surface area contributed by atoms with Gasteiger partial charge in [0.25, 0.3) is 0 Å². The zero-order valence-corrected chi connectivity index (χ0v) is 18.4. The van der Waals surface area contributed by atoms with Crippen LogP contribution in [0, 0.1) is 31.6 Å². The molecule has 1 saturated carbocycles. The minimum Gasteiger partial charge on any atom is -0.481 e. The molecule has 0 bridgehead atoms. The van der Waals surface area contributed by atoms with Gasteiger partial charge in [0, 0.05) is 43.4 Å². The van der Waals surface area contributed by atoms with Crippen LogP contribution in [-0.2, 0) is 19.2 Å². The fourth-order valence-electron chi connectivity index (χ4n) is 3.21. The summed E-state index contributed by atoms with van der Waals surface area (Å²) in [5.41, 5.74) is 1.26. The standard InChI is InChI=1S/C23H24N5O6/c1-28(13-14-4-2-3-5-14)15-6-7-17-16(12-15)22(25-18(29)8-10-20(31)32)27-23(24-17)26-19(30)9-11-21(33)34/h2-7,12H,8-11,13H2,1H3,(H,31,32)(H,33,34)(H2,24,25,26,27,29,30). The van der Waals surface area contributed by atoms with E-state index >= 15 is 0 Å². The van der Waals surface area contributed by atoms with Crippen molar-refractivity contribution in [1.29, 1.82) is 0 Å². The smallest absolute Gasteiger partial charge is 0.303 e. The fraction of sp³-hybridized carbons (Fsp3) is 0.261.